The van der Waals surface area contributed by atoms with E-state index < -0.39 is 5.60 Å². The average molecular weight is 643 g/mol. The topological polar surface area (TPSA) is 148 Å². The van der Waals surface area contributed by atoms with Gasteiger partial charge in [0.25, 0.3) is 0 Å². The zero-order valence-corrected chi connectivity index (χ0v) is 27.2. The second-order valence-corrected chi connectivity index (χ2v) is 12.0. The van der Waals surface area contributed by atoms with Crippen LogP contribution >= 0.6 is 11.6 Å². The van der Waals surface area contributed by atoms with E-state index in [1.165, 1.54) is 6.20 Å². The number of fused-ring (bicyclic) bond motifs is 1. The highest BCUT2D eigenvalue weighted by molar-refractivity contribution is 6.36. The predicted molar refractivity (Wildman–Crippen MR) is 175 cm³/mol. The van der Waals surface area contributed by atoms with Crippen molar-refractivity contribution in [3.8, 4) is 17.9 Å². The number of nitrogens with one attached hydrogen (secondary N) is 1. The van der Waals surface area contributed by atoms with Crippen LogP contribution in [-0.4, -0.2) is 76.0 Å². The van der Waals surface area contributed by atoms with E-state index in [9.17, 15) is 15.3 Å². The molecule has 4 aromatic rings. The quantitative estimate of drug-likeness (QED) is 0.265. The average Bonchev–Trinajstić information content (AvgIpc) is 3.47. The fourth-order valence-electron chi connectivity index (χ4n) is 5.05. The minimum Gasteiger partial charge on any atom is -0.497 e. The van der Waals surface area contributed by atoms with Gasteiger partial charge in [-0.05, 0) is 57.5 Å². The molecular formula is C32H35ClN10O3. The molecule has 0 radical (unpaired) electrons. The highest BCUT2D eigenvalue weighted by Gasteiger charge is 2.28. The summed E-state index contributed by atoms with van der Waals surface area (Å²) in [6, 6.07) is 15.5. The highest BCUT2D eigenvalue weighted by atomic mass is 35.5. The van der Waals surface area contributed by atoms with Crippen molar-refractivity contribution in [1.82, 2.24) is 24.5 Å². The number of hydrogen-bond donors (Lipinski definition) is 1. The lowest BCUT2D eigenvalue weighted by Crippen LogP contribution is -2.50. The summed E-state index contributed by atoms with van der Waals surface area (Å²) in [6.45, 7) is 10.5. The molecule has 0 bridgehead atoms. The van der Waals surface area contributed by atoms with E-state index in [-0.39, 0.29) is 17.6 Å². The maximum atomic E-state index is 12.6. The van der Waals surface area contributed by atoms with E-state index in [1.54, 1.807) is 28.7 Å². The predicted octanol–water partition coefficient (Wildman–Crippen LogP) is 5.36. The van der Waals surface area contributed by atoms with Crippen LogP contribution in [0.2, 0.25) is 5.02 Å². The molecule has 1 amide bonds. The van der Waals surface area contributed by atoms with Crippen LogP contribution in [-0.2, 0) is 11.3 Å². The van der Waals surface area contributed by atoms with Gasteiger partial charge < -0.3 is 29.5 Å². The number of ether oxygens (including phenoxy) is 2. The van der Waals surface area contributed by atoms with Crippen molar-refractivity contribution in [2.45, 2.75) is 39.8 Å². The fraction of sp³-hybridized carbons (Fsp3) is 0.375. The summed E-state index contributed by atoms with van der Waals surface area (Å²) < 4.78 is 12.4. The van der Waals surface area contributed by atoms with Gasteiger partial charge in [-0.25, -0.2) is 4.79 Å². The van der Waals surface area contributed by atoms with E-state index in [1.807, 2.05) is 61.8 Å². The third kappa shape index (κ3) is 7.00. The zero-order chi connectivity index (χ0) is 33.0. The maximum absolute atomic E-state index is 12.6. The number of carbonyl (C=O) groups excluding carboxylic acids is 1. The molecule has 0 spiro atoms. The van der Waals surface area contributed by atoms with Crippen molar-refractivity contribution >= 4 is 46.6 Å². The zero-order valence-electron chi connectivity index (χ0n) is 26.4. The van der Waals surface area contributed by atoms with Crippen LogP contribution in [0.1, 0.15) is 44.4 Å². The number of hydrogen-bond acceptors (Lipinski definition) is 11. The van der Waals surface area contributed by atoms with Crippen LogP contribution in [0.25, 0.3) is 5.65 Å². The molecule has 0 unspecified atom stereocenters. The molecule has 2 aromatic heterocycles. The summed E-state index contributed by atoms with van der Waals surface area (Å²) >= 11 is 6.96. The molecule has 14 heteroatoms. The summed E-state index contributed by atoms with van der Waals surface area (Å²) in [5.74, 6) is 1.41. The summed E-state index contributed by atoms with van der Waals surface area (Å²) in [5.41, 5.74) is 2.51. The lowest BCUT2D eigenvalue weighted by Gasteiger charge is -2.37. The third-order valence-electron chi connectivity index (χ3n) is 7.37. The summed E-state index contributed by atoms with van der Waals surface area (Å²) in [7, 11) is 1.62. The molecule has 1 saturated heterocycles. The Morgan fingerprint density at radius 1 is 1.09 bits per heavy atom. The first kappa shape index (κ1) is 32.1. The molecule has 46 heavy (non-hydrogen) atoms. The third-order valence-corrected chi connectivity index (χ3v) is 7.77. The first-order valence-corrected chi connectivity index (χ1v) is 15.2. The SMILES string of the molecule is CCN(Cc1ccc(OC)cc1)c1nc(Nc2cc(C#N)cc(N3CCN(C(=O)OC(C)(C)C)CC3)c2Cl)nc2c(C#N)cnn12. The van der Waals surface area contributed by atoms with Gasteiger partial charge in [0.1, 0.15) is 23.0 Å². The molecule has 1 aliphatic rings. The molecule has 13 nitrogen and oxygen atoms in total. The van der Waals surface area contributed by atoms with E-state index in [2.05, 4.69) is 27.5 Å². The van der Waals surface area contributed by atoms with Crippen LogP contribution in [0.3, 0.4) is 0 Å². The molecule has 1 fully saturated rings. The fourth-order valence-corrected chi connectivity index (χ4v) is 5.33. The molecule has 0 saturated carbocycles. The normalized spacial score (nSPS) is 13.2. The van der Waals surface area contributed by atoms with E-state index in [0.29, 0.717) is 72.8 Å². The summed E-state index contributed by atoms with van der Waals surface area (Å²) in [5, 5.41) is 27.6. The first-order chi connectivity index (χ1) is 22.0. The van der Waals surface area contributed by atoms with Gasteiger partial charge in [-0.2, -0.15) is 30.1 Å². The Kier molecular flexibility index (Phi) is 9.35. The van der Waals surface area contributed by atoms with Gasteiger partial charge in [-0.15, -0.1) is 0 Å². The lowest BCUT2D eigenvalue weighted by atomic mass is 10.1. The number of nitriles is 2. The molecule has 238 valence electrons. The van der Waals surface area contributed by atoms with Crippen molar-refractivity contribution in [2.75, 3.05) is 55.0 Å². The van der Waals surface area contributed by atoms with Crippen molar-refractivity contribution in [3.05, 3.63) is 64.3 Å². The smallest absolute Gasteiger partial charge is 0.410 e. The Morgan fingerprint density at radius 2 is 1.80 bits per heavy atom. The van der Waals surface area contributed by atoms with Crippen LogP contribution in [0.4, 0.5) is 28.1 Å². The highest BCUT2D eigenvalue weighted by Crippen LogP contribution is 2.37. The second kappa shape index (κ2) is 13.4. The van der Waals surface area contributed by atoms with E-state index in [0.717, 1.165) is 11.3 Å². The number of benzene rings is 2. The number of aromatic nitrogens is 4. The maximum Gasteiger partial charge on any atom is 0.410 e. The van der Waals surface area contributed by atoms with E-state index in [4.69, 9.17) is 26.1 Å². The van der Waals surface area contributed by atoms with Gasteiger partial charge in [-0.3, -0.25) is 0 Å². The number of rotatable bonds is 8. The van der Waals surface area contributed by atoms with Crippen molar-refractivity contribution in [3.63, 3.8) is 0 Å². The largest absolute Gasteiger partial charge is 0.497 e. The van der Waals surface area contributed by atoms with Crippen LogP contribution < -0.4 is 19.9 Å². The Hall–Kier alpha value is -5.27. The van der Waals surface area contributed by atoms with Crippen molar-refractivity contribution in [2.24, 2.45) is 0 Å². The molecule has 1 aliphatic heterocycles. The number of piperazine rings is 1. The van der Waals surface area contributed by atoms with Crippen molar-refractivity contribution < 1.29 is 14.3 Å². The summed E-state index contributed by atoms with van der Waals surface area (Å²) in [6.07, 6.45) is 1.09. The lowest BCUT2D eigenvalue weighted by molar-refractivity contribution is 0.0240. The van der Waals surface area contributed by atoms with E-state index >= 15 is 0 Å². The Balaban J connectivity index is 1.45. The minimum absolute atomic E-state index is 0.186. The number of methoxy groups -OCH3 is 1. The second-order valence-electron chi connectivity index (χ2n) is 11.7. The minimum atomic E-state index is -0.584. The number of carbonyl (C=O) groups is 1. The van der Waals surface area contributed by atoms with Gasteiger partial charge >= 0.3 is 6.09 Å². The van der Waals surface area contributed by atoms with Crippen LogP contribution in [0.5, 0.6) is 5.75 Å². The molecule has 0 aliphatic carbocycles. The standard InChI is InChI=1S/C32H35ClN10O3/c1-6-40(20-21-7-9-24(45-5)10-8-21)30-39-29(38-28-23(18-35)19-36-43(28)30)37-25-15-22(17-34)16-26(27(25)33)41-11-13-42(14-12-41)31(44)46-32(2,3)4/h7-10,15-16,19H,6,11-14,20H2,1-5H3,(H,37,38). The molecule has 1 N–H and O–H groups in total. The Morgan fingerprint density at radius 3 is 2.41 bits per heavy atom. The number of anilines is 4. The molecule has 0 atom stereocenters. The Bertz CT molecular complexity index is 1810. The van der Waals surface area contributed by atoms with Gasteiger partial charge in [0, 0.05) is 39.3 Å². The first-order valence-electron chi connectivity index (χ1n) is 14.8. The number of amides is 1. The number of nitrogens with zero attached hydrogens (tertiary/aromatic N) is 9. The molecule has 5 rings (SSSR count). The van der Waals surface area contributed by atoms with Gasteiger partial charge in [0.05, 0.1) is 41.3 Å². The van der Waals surface area contributed by atoms with Gasteiger partial charge in [0.2, 0.25) is 11.9 Å². The molecule has 2 aromatic carbocycles. The molecular weight excluding hydrogens is 608 g/mol. The van der Waals surface area contributed by atoms with Gasteiger partial charge in [0.15, 0.2) is 5.65 Å². The van der Waals surface area contributed by atoms with Crippen LogP contribution in [0, 0.1) is 22.7 Å². The molecule has 3 heterocycles. The number of halogens is 1. The Labute approximate surface area is 272 Å². The summed E-state index contributed by atoms with van der Waals surface area (Å²) in [4.78, 5) is 27.7. The monoisotopic (exact) mass is 642 g/mol. The van der Waals surface area contributed by atoms with Crippen molar-refractivity contribution in [1.29, 1.82) is 10.5 Å². The van der Waals surface area contributed by atoms with Gasteiger partial charge in [-0.1, -0.05) is 23.7 Å². The van der Waals surface area contributed by atoms with Crippen LogP contribution in [0.15, 0.2) is 42.6 Å².